The van der Waals surface area contributed by atoms with Crippen molar-refractivity contribution in [2.24, 2.45) is 0 Å². The Kier molecular flexibility index (Phi) is 5.26. The number of hydrogen-bond acceptors (Lipinski definition) is 4. The maximum atomic E-state index is 12.9. The van der Waals surface area contributed by atoms with Crippen LogP contribution in [0.4, 0.5) is 5.69 Å². The largest absolute Gasteiger partial charge is 0.493 e. The molecule has 2 atom stereocenters. The molecule has 0 aromatic heterocycles. The Morgan fingerprint density at radius 3 is 2.62 bits per heavy atom. The Labute approximate surface area is 153 Å². The first-order chi connectivity index (χ1) is 12.5. The second-order valence-electron chi connectivity index (χ2n) is 6.37. The zero-order valence-corrected chi connectivity index (χ0v) is 15.3. The van der Waals surface area contributed by atoms with E-state index in [-0.39, 0.29) is 11.9 Å². The van der Waals surface area contributed by atoms with Crippen LogP contribution >= 0.6 is 0 Å². The molecule has 1 aliphatic rings. The molecule has 0 N–H and O–H groups in total. The standard InChI is InChI=1S/C21H23NO4/c1-4-25-19-12-8-6-10-17(19)21(24)26-15(3)20(23)22-14(2)13-16-9-5-7-11-18(16)22/h5-12,14-15H,4,13H2,1-3H3/t14-,15-/m1/s1. The number of anilines is 1. The van der Waals surface area contributed by atoms with E-state index in [2.05, 4.69) is 0 Å². The minimum atomic E-state index is -0.884. The van der Waals surface area contributed by atoms with Crippen molar-refractivity contribution in [3.8, 4) is 5.75 Å². The number of para-hydroxylation sites is 2. The van der Waals surface area contributed by atoms with Crippen molar-refractivity contribution < 1.29 is 19.1 Å². The van der Waals surface area contributed by atoms with Gasteiger partial charge in [0.2, 0.25) is 0 Å². The maximum Gasteiger partial charge on any atom is 0.342 e. The van der Waals surface area contributed by atoms with Crippen molar-refractivity contribution >= 4 is 17.6 Å². The average molecular weight is 353 g/mol. The maximum absolute atomic E-state index is 12.9. The molecule has 0 fully saturated rings. The van der Waals surface area contributed by atoms with Crippen LogP contribution in [0.2, 0.25) is 0 Å². The Hall–Kier alpha value is -2.82. The molecular weight excluding hydrogens is 330 g/mol. The lowest BCUT2D eigenvalue weighted by molar-refractivity contribution is -0.126. The quantitative estimate of drug-likeness (QED) is 0.771. The predicted octanol–water partition coefficient (Wildman–Crippen LogP) is 3.61. The van der Waals surface area contributed by atoms with Crippen LogP contribution in [0.3, 0.4) is 0 Å². The topological polar surface area (TPSA) is 55.8 Å². The lowest BCUT2D eigenvalue weighted by Gasteiger charge is -2.26. The normalized spacial score (nSPS) is 16.7. The molecule has 1 aliphatic heterocycles. The zero-order valence-electron chi connectivity index (χ0n) is 15.3. The summed E-state index contributed by atoms with van der Waals surface area (Å²) >= 11 is 0. The van der Waals surface area contributed by atoms with Crippen molar-refractivity contribution in [1.29, 1.82) is 0 Å². The first kappa shape index (κ1) is 18.0. The van der Waals surface area contributed by atoms with E-state index in [1.807, 2.05) is 38.1 Å². The number of carbonyl (C=O) groups is 2. The Bertz CT molecular complexity index is 817. The van der Waals surface area contributed by atoms with Gasteiger partial charge in [-0.15, -0.1) is 0 Å². The third kappa shape index (κ3) is 3.43. The number of fused-ring (bicyclic) bond motifs is 1. The number of hydrogen-bond donors (Lipinski definition) is 0. The molecule has 0 aliphatic carbocycles. The second-order valence-corrected chi connectivity index (χ2v) is 6.37. The molecule has 0 saturated heterocycles. The molecule has 5 nitrogen and oxygen atoms in total. The van der Waals surface area contributed by atoms with Gasteiger partial charge in [-0.3, -0.25) is 4.79 Å². The van der Waals surface area contributed by atoms with Crippen molar-refractivity contribution in [3.05, 3.63) is 59.7 Å². The van der Waals surface area contributed by atoms with Crippen LogP contribution in [0.15, 0.2) is 48.5 Å². The van der Waals surface area contributed by atoms with Gasteiger partial charge in [0.1, 0.15) is 11.3 Å². The highest BCUT2D eigenvalue weighted by atomic mass is 16.5. The first-order valence-electron chi connectivity index (χ1n) is 8.86. The molecule has 1 heterocycles. The fraction of sp³-hybridized carbons (Fsp3) is 0.333. The van der Waals surface area contributed by atoms with E-state index < -0.39 is 12.1 Å². The van der Waals surface area contributed by atoms with Gasteiger partial charge >= 0.3 is 5.97 Å². The summed E-state index contributed by atoms with van der Waals surface area (Å²) in [5.41, 5.74) is 2.35. The molecular formula is C21H23NO4. The highest BCUT2D eigenvalue weighted by Gasteiger charge is 2.34. The molecule has 1 amide bonds. The van der Waals surface area contributed by atoms with Gasteiger partial charge in [-0.2, -0.15) is 0 Å². The lowest BCUT2D eigenvalue weighted by Crippen LogP contribution is -2.43. The van der Waals surface area contributed by atoms with Crippen LogP contribution in [0.5, 0.6) is 5.75 Å². The van der Waals surface area contributed by atoms with Gasteiger partial charge in [-0.25, -0.2) is 4.79 Å². The van der Waals surface area contributed by atoms with Gasteiger partial charge in [0, 0.05) is 11.7 Å². The predicted molar refractivity (Wildman–Crippen MR) is 99.6 cm³/mol. The summed E-state index contributed by atoms with van der Waals surface area (Å²) in [4.78, 5) is 27.2. The van der Waals surface area contributed by atoms with Gasteiger partial charge in [-0.1, -0.05) is 30.3 Å². The van der Waals surface area contributed by atoms with E-state index in [9.17, 15) is 9.59 Å². The molecule has 26 heavy (non-hydrogen) atoms. The van der Waals surface area contributed by atoms with Crippen LogP contribution in [0.25, 0.3) is 0 Å². The van der Waals surface area contributed by atoms with Gasteiger partial charge in [0.15, 0.2) is 6.10 Å². The van der Waals surface area contributed by atoms with Gasteiger partial charge < -0.3 is 14.4 Å². The highest BCUT2D eigenvalue weighted by Crippen LogP contribution is 2.32. The van der Waals surface area contributed by atoms with E-state index in [1.54, 1.807) is 36.1 Å². The monoisotopic (exact) mass is 353 g/mol. The SMILES string of the molecule is CCOc1ccccc1C(=O)O[C@H](C)C(=O)N1c2ccccc2C[C@H]1C. The Balaban J connectivity index is 1.75. The molecule has 3 rings (SSSR count). The molecule has 0 unspecified atom stereocenters. The number of benzene rings is 2. The molecule has 2 aromatic rings. The van der Waals surface area contributed by atoms with Gasteiger partial charge in [0.25, 0.3) is 5.91 Å². The highest BCUT2D eigenvalue weighted by molar-refractivity contribution is 6.01. The zero-order chi connectivity index (χ0) is 18.7. The summed E-state index contributed by atoms with van der Waals surface area (Å²) in [7, 11) is 0. The fourth-order valence-electron chi connectivity index (χ4n) is 3.29. The van der Waals surface area contributed by atoms with Crippen molar-refractivity contribution in [1.82, 2.24) is 0 Å². The number of esters is 1. The molecule has 0 saturated carbocycles. The van der Waals surface area contributed by atoms with E-state index in [0.29, 0.717) is 17.9 Å². The molecule has 0 bridgehead atoms. The fourth-order valence-corrected chi connectivity index (χ4v) is 3.29. The van der Waals surface area contributed by atoms with Crippen LogP contribution < -0.4 is 9.64 Å². The molecule has 0 spiro atoms. The number of carbonyl (C=O) groups excluding carboxylic acids is 2. The number of rotatable bonds is 5. The summed E-state index contributed by atoms with van der Waals surface area (Å²) in [5, 5.41) is 0. The third-order valence-corrected chi connectivity index (χ3v) is 4.48. The van der Waals surface area contributed by atoms with Crippen LogP contribution in [-0.4, -0.2) is 30.6 Å². The van der Waals surface area contributed by atoms with Gasteiger partial charge in [-0.05, 0) is 51.0 Å². The van der Waals surface area contributed by atoms with E-state index in [1.165, 1.54) is 0 Å². The number of amides is 1. The summed E-state index contributed by atoms with van der Waals surface area (Å²) in [6.45, 7) is 5.90. The Morgan fingerprint density at radius 2 is 1.85 bits per heavy atom. The minimum Gasteiger partial charge on any atom is -0.493 e. The van der Waals surface area contributed by atoms with Gasteiger partial charge in [0.05, 0.1) is 6.61 Å². The summed E-state index contributed by atoms with van der Waals surface area (Å²) in [5.74, 6) is -0.320. The van der Waals surface area contributed by atoms with Crippen LogP contribution in [0.1, 0.15) is 36.7 Å². The van der Waals surface area contributed by atoms with Crippen molar-refractivity contribution in [3.63, 3.8) is 0 Å². The van der Waals surface area contributed by atoms with Crippen molar-refractivity contribution in [2.45, 2.75) is 39.3 Å². The van der Waals surface area contributed by atoms with Crippen LogP contribution in [0, 0.1) is 0 Å². The first-order valence-corrected chi connectivity index (χ1v) is 8.86. The second kappa shape index (κ2) is 7.60. The van der Waals surface area contributed by atoms with E-state index in [0.717, 1.165) is 17.7 Å². The van der Waals surface area contributed by atoms with E-state index >= 15 is 0 Å². The molecule has 2 aromatic carbocycles. The summed E-state index contributed by atoms with van der Waals surface area (Å²) in [6.07, 6.45) is -0.0822. The molecule has 5 heteroatoms. The minimum absolute atomic E-state index is 0.0387. The van der Waals surface area contributed by atoms with Crippen LogP contribution in [-0.2, 0) is 16.0 Å². The number of nitrogens with zero attached hydrogens (tertiary/aromatic N) is 1. The lowest BCUT2D eigenvalue weighted by atomic mass is 10.1. The summed E-state index contributed by atoms with van der Waals surface area (Å²) in [6, 6.07) is 14.7. The molecule has 0 radical (unpaired) electrons. The average Bonchev–Trinajstić information content (AvgIpc) is 2.97. The van der Waals surface area contributed by atoms with Crippen molar-refractivity contribution in [2.75, 3.05) is 11.5 Å². The third-order valence-electron chi connectivity index (χ3n) is 4.48. The Morgan fingerprint density at radius 1 is 1.15 bits per heavy atom. The number of ether oxygens (including phenoxy) is 2. The smallest absolute Gasteiger partial charge is 0.342 e. The summed E-state index contributed by atoms with van der Waals surface area (Å²) < 4.78 is 10.9. The van der Waals surface area contributed by atoms with E-state index in [4.69, 9.17) is 9.47 Å². The molecule has 136 valence electrons.